The Bertz CT molecular complexity index is 848. The van der Waals surface area contributed by atoms with Crippen LogP contribution in [0.2, 0.25) is 0 Å². The predicted molar refractivity (Wildman–Crippen MR) is 102 cm³/mol. The van der Waals surface area contributed by atoms with Crippen LogP contribution in [0.3, 0.4) is 0 Å². The van der Waals surface area contributed by atoms with E-state index in [0.29, 0.717) is 32.2 Å². The average Bonchev–Trinajstić information content (AvgIpc) is 3.37. The first-order valence-electron chi connectivity index (χ1n) is 10.4. The van der Waals surface area contributed by atoms with Crippen LogP contribution in [0.5, 0.6) is 0 Å². The van der Waals surface area contributed by atoms with Crippen LogP contribution in [0, 0.1) is 28.1 Å². The molecule has 0 saturated heterocycles. The van der Waals surface area contributed by atoms with Crippen molar-refractivity contribution in [3.05, 3.63) is 11.1 Å². The Hall–Kier alpha value is -2.06. The number of rotatable bonds is 5. The maximum absolute atomic E-state index is 13.5. The van der Waals surface area contributed by atoms with E-state index in [1.165, 1.54) is 0 Å². The Morgan fingerprint density at radius 1 is 1.13 bits per heavy atom. The average molecular weight is 420 g/mol. The van der Waals surface area contributed by atoms with Crippen molar-refractivity contribution in [1.29, 1.82) is 0 Å². The van der Waals surface area contributed by atoms with E-state index in [2.05, 4.69) is 0 Å². The minimum atomic E-state index is -1.44. The Morgan fingerprint density at radius 2 is 1.80 bits per heavy atom. The van der Waals surface area contributed by atoms with Crippen molar-refractivity contribution in [3.8, 4) is 0 Å². The summed E-state index contributed by atoms with van der Waals surface area (Å²) in [4.78, 5) is 49.2. The van der Waals surface area contributed by atoms with Gasteiger partial charge in [0.2, 0.25) is 0 Å². The normalized spacial score (nSPS) is 47.4. The van der Waals surface area contributed by atoms with E-state index in [4.69, 9.17) is 9.47 Å². The van der Waals surface area contributed by atoms with E-state index in [-0.39, 0.29) is 30.1 Å². The molecular formula is C22H28O8. The standard InChI is InChI=1S/C22H28O8/c1-11-7-22(11)18(27)12-13(14(25)19(22)28)21(3)6-4-5-20(2,8-29-9-23)17(21)15(26)16(12)30-10-24/h9-11,15-17,19,26,28H,4-8H2,1-3H3/t11-,15+,16-,17?,19-,20+,21+,22+/m0/s1. The number of aliphatic hydroxyl groups is 2. The van der Waals surface area contributed by atoms with Gasteiger partial charge in [0.05, 0.1) is 18.1 Å². The highest BCUT2D eigenvalue weighted by Gasteiger charge is 2.72. The van der Waals surface area contributed by atoms with Crippen molar-refractivity contribution in [1.82, 2.24) is 0 Å². The second-order valence-electron chi connectivity index (χ2n) is 9.98. The number of ether oxygens (including phenoxy) is 2. The number of Topliss-reactive ketones (excluding diaryl/α,β-unsaturated/α-hetero) is 2. The zero-order valence-electron chi connectivity index (χ0n) is 17.4. The summed E-state index contributed by atoms with van der Waals surface area (Å²) in [5, 5.41) is 22.2. The van der Waals surface area contributed by atoms with Gasteiger partial charge in [0.25, 0.3) is 12.9 Å². The van der Waals surface area contributed by atoms with Crippen LogP contribution in [0.4, 0.5) is 0 Å². The van der Waals surface area contributed by atoms with Crippen LogP contribution in [-0.4, -0.2) is 59.6 Å². The van der Waals surface area contributed by atoms with Gasteiger partial charge in [-0.3, -0.25) is 19.2 Å². The highest BCUT2D eigenvalue weighted by atomic mass is 16.5. The van der Waals surface area contributed by atoms with Crippen molar-refractivity contribution in [2.24, 2.45) is 28.1 Å². The van der Waals surface area contributed by atoms with E-state index in [1.54, 1.807) is 6.92 Å². The molecule has 0 heterocycles. The molecule has 4 aliphatic carbocycles. The highest BCUT2D eigenvalue weighted by Crippen LogP contribution is 2.66. The smallest absolute Gasteiger partial charge is 0.293 e. The Kier molecular flexibility index (Phi) is 4.74. The molecule has 0 aromatic carbocycles. The number of ketones is 2. The summed E-state index contributed by atoms with van der Waals surface area (Å²) in [6.45, 7) is 6.02. The van der Waals surface area contributed by atoms with Crippen molar-refractivity contribution in [3.63, 3.8) is 0 Å². The second kappa shape index (κ2) is 6.72. The van der Waals surface area contributed by atoms with Gasteiger partial charge in [-0.25, -0.2) is 0 Å². The molecule has 4 aliphatic rings. The zero-order valence-corrected chi connectivity index (χ0v) is 17.4. The molecular weight excluding hydrogens is 392 g/mol. The van der Waals surface area contributed by atoms with E-state index in [0.717, 1.165) is 0 Å². The van der Waals surface area contributed by atoms with Crippen molar-refractivity contribution in [2.45, 2.75) is 64.8 Å². The number of carbonyl (C=O) groups is 4. The summed E-state index contributed by atoms with van der Waals surface area (Å²) in [6.07, 6.45) is -1.77. The Morgan fingerprint density at radius 3 is 2.37 bits per heavy atom. The van der Waals surface area contributed by atoms with Gasteiger partial charge < -0.3 is 19.7 Å². The quantitative estimate of drug-likeness (QED) is 0.623. The Balaban J connectivity index is 1.93. The summed E-state index contributed by atoms with van der Waals surface area (Å²) in [5.41, 5.74) is -2.61. The Labute approximate surface area is 174 Å². The van der Waals surface area contributed by atoms with Crippen molar-refractivity contribution < 1.29 is 38.9 Å². The summed E-state index contributed by atoms with van der Waals surface area (Å²) >= 11 is 0. The zero-order chi connectivity index (χ0) is 22.1. The molecule has 0 aromatic heterocycles. The predicted octanol–water partition coefficient (Wildman–Crippen LogP) is 0.724. The minimum absolute atomic E-state index is 0.0237. The molecule has 164 valence electrons. The molecule has 1 spiro atoms. The van der Waals surface area contributed by atoms with Crippen LogP contribution in [0.15, 0.2) is 11.1 Å². The van der Waals surface area contributed by atoms with Gasteiger partial charge in [-0.15, -0.1) is 0 Å². The molecule has 0 amide bonds. The molecule has 8 atom stereocenters. The lowest BCUT2D eigenvalue weighted by atomic mass is 9.46. The number of hydrogen-bond donors (Lipinski definition) is 2. The number of fused-ring (bicyclic) bond motifs is 2. The second-order valence-corrected chi connectivity index (χ2v) is 9.98. The molecule has 1 unspecified atom stereocenters. The summed E-state index contributed by atoms with van der Waals surface area (Å²) in [6, 6.07) is 0. The molecule has 2 N–H and O–H groups in total. The molecule has 2 saturated carbocycles. The van der Waals surface area contributed by atoms with Gasteiger partial charge in [0.15, 0.2) is 17.7 Å². The third kappa shape index (κ3) is 2.46. The van der Waals surface area contributed by atoms with Gasteiger partial charge in [-0.1, -0.05) is 27.2 Å². The topological polar surface area (TPSA) is 127 Å². The molecule has 0 bridgehead atoms. The monoisotopic (exact) mass is 420 g/mol. The fraction of sp³-hybridized carbons (Fsp3) is 0.727. The minimum Gasteiger partial charge on any atom is -0.467 e. The summed E-state index contributed by atoms with van der Waals surface area (Å²) in [7, 11) is 0. The molecule has 8 nitrogen and oxygen atoms in total. The van der Waals surface area contributed by atoms with Crippen molar-refractivity contribution in [2.75, 3.05) is 6.61 Å². The molecule has 0 radical (unpaired) electrons. The highest BCUT2D eigenvalue weighted by molar-refractivity contribution is 6.19. The molecule has 8 heteroatoms. The third-order valence-corrected chi connectivity index (χ3v) is 8.35. The lowest BCUT2D eigenvalue weighted by molar-refractivity contribution is -0.172. The SMILES string of the molecule is C[C@H]1C[C@]12C(=O)C1=C(C(=O)[C@@H]2O)[C@@]2(C)CCC[C@](C)(COC=O)C2[C@H](O)[C@H]1OC=O. The van der Waals surface area contributed by atoms with E-state index >= 15 is 0 Å². The van der Waals surface area contributed by atoms with Gasteiger partial charge in [0.1, 0.15) is 6.10 Å². The van der Waals surface area contributed by atoms with Crippen LogP contribution >= 0.6 is 0 Å². The molecule has 0 aliphatic heterocycles. The molecule has 4 rings (SSSR count). The lowest BCUT2D eigenvalue weighted by Gasteiger charge is -2.59. The maximum atomic E-state index is 13.5. The van der Waals surface area contributed by atoms with Gasteiger partial charge in [0, 0.05) is 27.9 Å². The van der Waals surface area contributed by atoms with Crippen LogP contribution in [-0.2, 0) is 28.7 Å². The number of carbonyl (C=O) groups excluding carboxylic acids is 4. The van der Waals surface area contributed by atoms with Gasteiger partial charge >= 0.3 is 0 Å². The van der Waals surface area contributed by atoms with Crippen molar-refractivity contribution >= 4 is 24.5 Å². The van der Waals surface area contributed by atoms with Crippen LogP contribution < -0.4 is 0 Å². The fourth-order valence-electron chi connectivity index (χ4n) is 6.95. The molecule has 30 heavy (non-hydrogen) atoms. The fourth-order valence-corrected chi connectivity index (χ4v) is 6.95. The maximum Gasteiger partial charge on any atom is 0.293 e. The van der Waals surface area contributed by atoms with E-state index in [1.807, 2.05) is 13.8 Å². The van der Waals surface area contributed by atoms with Crippen LogP contribution in [0.25, 0.3) is 0 Å². The molecule has 0 aromatic rings. The first-order chi connectivity index (χ1) is 14.1. The summed E-state index contributed by atoms with van der Waals surface area (Å²) in [5.74, 6) is -1.71. The lowest BCUT2D eigenvalue weighted by Crippen LogP contribution is -2.64. The largest absolute Gasteiger partial charge is 0.467 e. The van der Waals surface area contributed by atoms with Gasteiger partial charge in [-0.2, -0.15) is 0 Å². The van der Waals surface area contributed by atoms with E-state index in [9.17, 15) is 29.4 Å². The first-order valence-corrected chi connectivity index (χ1v) is 10.4. The van der Waals surface area contributed by atoms with Gasteiger partial charge in [-0.05, 0) is 25.2 Å². The van der Waals surface area contributed by atoms with Crippen LogP contribution in [0.1, 0.15) is 46.5 Å². The molecule has 2 fully saturated rings. The summed E-state index contributed by atoms with van der Waals surface area (Å²) < 4.78 is 10.3. The third-order valence-electron chi connectivity index (χ3n) is 8.35. The number of aliphatic hydroxyl groups excluding tert-OH is 2. The number of hydrogen-bond acceptors (Lipinski definition) is 8. The van der Waals surface area contributed by atoms with E-state index < -0.39 is 52.0 Å². The first kappa shape index (κ1) is 21.2.